The van der Waals surface area contributed by atoms with E-state index in [-0.39, 0.29) is 23.7 Å². The number of aromatic nitrogens is 1. The van der Waals surface area contributed by atoms with Gasteiger partial charge in [-0.05, 0) is 42.0 Å². The summed E-state index contributed by atoms with van der Waals surface area (Å²) in [6, 6.07) is 15.7. The Hall–Kier alpha value is -3.39. The average Bonchev–Trinajstić information content (AvgIpc) is 3.63. The van der Waals surface area contributed by atoms with Gasteiger partial charge in [-0.3, -0.25) is 19.3 Å². The summed E-state index contributed by atoms with van der Waals surface area (Å²) < 4.78 is 8.08. The molecule has 3 atom stereocenters. The van der Waals surface area contributed by atoms with Crippen molar-refractivity contribution in [3.8, 4) is 11.5 Å². The lowest BCUT2D eigenvalue weighted by molar-refractivity contribution is 0.0653. The lowest BCUT2D eigenvalue weighted by Crippen LogP contribution is -2.56. The van der Waals surface area contributed by atoms with E-state index in [1.165, 1.54) is 16.5 Å². The number of rotatable bonds is 0. The highest BCUT2D eigenvalue weighted by Gasteiger charge is 2.49. The van der Waals surface area contributed by atoms with Crippen LogP contribution in [0.2, 0.25) is 0 Å². The number of carbonyl (C=O) groups excluding carboxylic acids is 1. The first-order valence-corrected chi connectivity index (χ1v) is 12.6. The predicted octanol–water partition coefficient (Wildman–Crippen LogP) is 3.47. The molecule has 1 saturated carbocycles. The second kappa shape index (κ2) is 7.30. The Balaban J connectivity index is 1.54. The van der Waals surface area contributed by atoms with Crippen LogP contribution < -0.4 is 15.2 Å². The maximum absolute atomic E-state index is 13.6. The van der Waals surface area contributed by atoms with E-state index in [9.17, 15) is 14.7 Å². The molecule has 0 unspecified atom stereocenters. The highest BCUT2D eigenvalue weighted by atomic mass is 32.2. The molecule has 2 bridgehead atoms. The molecule has 3 aromatic rings. The average molecular weight is 474 g/mol. The Labute approximate surface area is 200 Å². The molecule has 7 rings (SSSR count). The number of hydrogen-bond donors (Lipinski definition) is 1. The molecule has 1 amide bonds. The zero-order valence-electron chi connectivity index (χ0n) is 18.4. The highest BCUT2D eigenvalue weighted by molar-refractivity contribution is 7.98. The SMILES string of the molecule is O=C1c2c(O)c(=O)ccn2N2CN1[C@@H]1C[C@@H]1CCOc1cccc3c1[C@@H]2c1ccccc1SC3. The predicted molar refractivity (Wildman–Crippen MR) is 128 cm³/mol. The van der Waals surface area contributed by atoms with Crippen molar-refractivity contribution in [3.63, 3.8) is 0 Å². The second-order valence-corrected chi connectivity index (χ2v) is 10.4. The van der Waals surface area contributed by atoms with Crippen LogP contribution >= 0.6 is 11.8 Å². The van der Waals surface area contributed by atoms with E-state index in [0.29, 0.717) is 19.2 Å². The molecule has 0 radical (unpaired) electrons. The molecular weight excluding hydrogens is 450 g/mol. The van der Waals surface area contributed by atoms with E-state index in [0.717, 1.165) is 35.5 Å². The fourth-order valence-corrected chi connectivity index (χ4v) is 6.75. The lowest BCUT2D eigenvalue weighted by atomic mass is 9.93. The first-order valence-electron chi connectivity index (χ1n) is 11.6. The number of fused-ring (bicyclic) bond motifs is 9. The fourth-order valence-electron chi connectivity index (χ4n) is 5.67. The highest BCUT2D eigenvalue weighted by Crippen LogP contribution is 2.48. The van der Waals surface area contributed by atoms with Gasteiger partial charge in [0.05, 0.1) is 6.61 Å². The van der Waals surface area contributed by atoms with Crippen LogP contribution in [-0.2, 0) is 5.75 Å². The third kappa shape index (κ3) is 2.84. The molecule has 2 aromatic carbocycles. The van der Waals surface area contributed by atoms with Gasteiger partial charge in [0.25, 0.3) is 5.91 Å². The van der Waals surface area contributed by atoms with E-state index in [1.807, 2.05) is 29.2 Å². The number of pyridine rings is 1. The van der Waals surface area contributed by atoms with Crippen molar-refractivity contribution >= 4 is 17.7 Å². The molecule has 1 N–H and O–H groups in total. The smallest absolute Gasteiger partial charge is 0.278 e. The van der Waals surface area contributed by atoms with Gasteiger partial charge in [-0.15, -0.1) is 11.8 Å². The fraction of sp³-hybridized carbons (Fsp3) is 0.308. The zero-order chi connectivity index (χ0) is 23.0. The van der Waals surface area contributed by atoms with Gasteiger partial charge in [0.2, 0.25) is 5.43 Å². The minimum atomic E-state index is -0.542. The molecule has 172 valence electrons. The Kier molecular flexibility index (Phi) is 4.30. The van der Waals surface area contributed by atoms with Gasteiger partial charge in [0, 0.05) is 34.5 Å². The second-order valence-electron chi connectivity index (χ2n) is 9.34. The van der Waals surface area contributed by atoms with E-state index < -0.39 is 11.2 Å². The summed E-state index contributed by atoms with van der Waals surface area (Å²) in [6.07, 6.45) is 3.38. The summed E-state index contributed by atoms with van der Waals surface area (Å²) in [5.41, 5.74) is 2.88. The van der Waals surface area contributed by atoms with Crippen LogP contribution in [0.15, 0.2) is 64.4 Å². The Morgan fingerprint density at radius 2 is 1.94 bits per heavy atom. The van der Waals surface area contributed by atoms with Crippen molar-refractivity contribution < 1.29 is 14.6 Å². The van der Waals surface area contributed by atoms with Crippen molar-refractivity contribution in [1.82, 2.24) is 9.58 Å². The van der Waals surface area contributed by atoms with Crippen LogP contribution in [0.5, 0.6) is 11.5 Å². The van der Waals surface area contributed by atoms with Crippen molar-refractivity contribution in [2.75, 3.05) is 18.3 Å². The number of amides is 1. The van der Waals surface area contributed by atoms with Gasteiger partial charge in [-0.2, -0.15) is 0 Å². The molecule has 1 fully saturated rings. The molecule has 4 aliphatic rings. The van der Waals surface area contributed by atoms with Crippen molar-refractivity contribution in [1.29, 1.82) is 0 Å². The van der Waals surface area contributed by atoms with Gasteiger partial charge in [-0.25, -0.2) is 0 Å². The summed E-state index contributed by atoms with van der Waals surface area (Å²) in [6.45, 7) is 0.962. The largest absolute Gasteiger partial charge is 0.502 e. The van der Waals surface area contributed by atoms with Crippen LogP contribution in [-0.4, -0.2) is 39.9 Å². The van der Waals surface area contributed by atoms with Crippen LogP contribution in [0.4, 0.5) is 0 Å². The Bertz CT molecular complexity index is 1400. The molecule has 3 aliphatic heterocycles. The number of thioether (sulfide) groups is 1. The van der Waals surface area contributed by atoms with Gasteiger partial charge in [0.1, 0.15) is 18.5 Å². The first kappa shape index (κ1) is 20.0. The summed E-state index contributed by atoms with van der Waals surface area (Å²) in [7, 11) is 0. The monoisotopic (exact) mass is 473 g/mol. The van der Waals surface area contributed by atoms with E-state index >= 15 is 0 Å². The number of ether oxygens (including phenoxy) is 1. The molecular formula is C26H23N3O4S. The maximum Gasteiger partial charge on any atom is 0.278 e. The molecule has 8 heteroatoms. The molecule has 1 aromatic heterocycles. The molecule has 1 aliphatic carbocycles. The van der Waals surface area contributed by atoms with Crippen LogP contribution in [0, 0.1) is 5.92 Å². The summed E-state index contributed by atoms with van der Waals surface area (Å²) >= 11 is 1.79. The van der Waals surface area contributed by atoms with E-state index in [2.05, 4.69) is 23.2 Å². The van der Waals surface area contributed by atoms with Crippen LogP contribution in [0.3, 0.4) is 0 Å². The summed E-state index contributed by atoms with van der Waals surface area (Å²) in [4.78, 5) is 28.9. The van der Waals surface area contributed by atoms with Gasteiger partial charge >= 0.3 is 0 Å². The number of carbonyl (C=O) groups is 1. The third-order valence-corrected chi connectivity index (χ3v) is 8.59. The maximum atomic E-state index is 13.6. The molecule has 4 heterocycles. The number of aromatic hydroxyl groups is 1. The molecule has 34 heavy (non-hydrogen) atoms. The van der Waals surface area contributed by atoms with E-state index in [1.54, 1.807) is 22.6 Å². The zero-order valence-corrected chi connectivity index (χ0v) is 19.2. The Morgan fingerprint density at radius 1 is 1.06 bits per heavy atom. The topological polar surface area (TPSA) is 75.0 Å². The minimum Gasteiger partial charge on any atom is -0.502 e. The van der Waals surface area contributed by atoms with E-state index in [4.69, 9.17) is 4.74 Å². The van der Waals surface area contributed by atoms with Gasteiger partial charge in [0.15, 0.2) is 11.4 Å². The number of nitrogens with zero attached hydrogens (tertiary/aromatic N) is 3. The van der Waals surface area contributed by atoms with Crippen molar-refractivity contribution in [3.05, 3.63) is 87.3 Å². The molecule has 0 saturated heterocycles. The van der Waals surface area contributed by atoms with Crippen molar-refractivity contribution in [2.24, 2.45) is 5.92 Å². The normalized spacial score (nSPS) is 24.5. The number of benzene rings is 2. The summed E-state index contributed by atoms with van der Waals surface area (Å²) in [5.74, 6) is 1.24. The standard InChI is InChI=1S/C26H23N3O4S/c30-19-8-10-28-24(25(19)31)26(32)27-14-29(28)23-17-5-1-2-7-21(17)34-13-16-4-3-6-20(22(16)23)33-11-9-15-12-18(15)27/h1-8,10,15,18,23,31H,9,11-14H2/t15-,18+,23-/m0/s1. The molecule has 7 nitrogen and oxygen atoms in total. The number of hydrogen-bond acceptors (Lipinski definition) is 6. The minimum absolute atomic E-state index is 0.0398. The lowest BCUT2D eigenvalue weighted by Gasteiger charge is -2.44. The van der Waals surface area contributed by atoms with Gasteiger partial charge in [-0.1, -0.05) is 30.3 Å². The van der Waals surface area contributed by atoms with Crippen LogP contribution in [0.25, 0.3) is 0 Å². The van der Waals surface area contributed by atoms with Crippen molar-refractivity contribution in [2.45, 2.75) is 35.6 Å². The third-order valence-electron chi connectivity index (χ3n) is 7.45. The summed E-state index contributed by atoms with van der Waals surface area (Å²) in [5, 5.41) is 12.9. The quantitative estimate of drug-likeness (QED) is 0.539. The molecule has 0 spiro atoms. The van der Waals surface area contributed by atoms with Gasteiger partial charge < -0.3 is 14.7 Å². The first-order chi connectivity index (χ1) is 16.6. The van der Waals surface area contributed by atoms with Crippen LogP contribution in [0.1, 0.15) is 46.1 Å². The Morgan fingerprint density at radius 3 is 2.85 bits per heavy atom.